The highest BCUT2D eigenvalue weighted by molar-refractivity contribution is 7.22. The Kier molecular flexibility index (Phi) is 8.31. The van der Waals surface area contributed by atoms with E-state index in [1.807, 2.05) is 26.0 Å². The van der Waals surface area contributed by atoms with Crippen LogP contribution >= 0.6 is 11.3 Å². The first-order valence-corrected chi connectivity index (χ1v) is 13.2. The van der Waals surface area contributed by atoms with Crippen LogP contribution in [0.1, 0.15) is 42.3 Å². The molecule has 0 radical (unpaired) electrons. The van der Waals surface area contributed by atoms with Crippen LogP contribution in [0.2, 0.25) is 0 Å². The van der Waals surface area contributed by atoms with Crippen molar-refractivity contribution in [3.63, 3.8) is 0 Å². The average Bonchev–Trinajstić information content (AvgIpc) is 3.22. The van der Waals surface area contributed by atoms with E-state index in [4.69, 9.17) is 14.2 Å². The molecule has 2 heterocycles. The van der Waals surface area contributed by atoms with Crippen LogP contribution in [0.4, 0.5) is 15.6 Å². The van der Waals surface area contributed by atoms with Gasteiger partial charge in [0, 0.05) is 30.9 Å². The summed E-state index contributed by atoms with van der Waals surface area (Å²) in [5, 5.41) is 6.11. The molecule has 37 heavy (non-hydrogen) atoms. The average molecular weight is 527 g/mol. The Balaban J connectivity index is 1.39. The summed E-state index contributed by atoms with van der Waals surface area (Å²) in [6, 6.07) is 9.16. The van der Waals surface area contributed by atoms with E-state index in [1.165, 1.54) is 11.3 Å². The van der Waals surface area contributed by atoms with Gasteiger partial charge >= 0.3 is 6.09 Å². The number of nitrogens with one attached hydrogen (secondary N) is 2. The second-order valence-corrected chi connectivity index (χ2v) is 11.0. The monoisotopic (exact) mass is 526 g/mol. The Hall–Kier alpha value is -3.21. The molecule has 0 saturated carbocycles. The number of benzene rings is 2. The summed E-state index contributed by atoms with van der Waals surface area (Å²) in [4.78, 5) is 31.9. The number of aryl methyl sites for hydroxylation is 2. The minimum Gasteiger partial charge on any atom is -0.492 e. The third-order valence-corrected chi connectivity index (χ3v) is 6.72. The fourth-order valence-corrected chi connectivity index (χ4v) is 4.91. The van der Waals surface area contributed by atoms with E-state index in [0.717, 1.165) is 60.1 Å². The van der Waals surface area contributed by atoms with Crippen LogP contribution in [0.25, 0.3) is 10.2 Å². The number of rotatable bonds is 7. The number of anilines is 2. The molecule has 10 heteroatoms. The zero-order valence-corrected chi connectivity index (χ0v) is 22.8. The molecule has 2 amide bonds. The Labute approximate surface area is 221 Å². The van der Waals surface area contributed by atoms with Gasteiger partial charge in [-0.1, -0.05) is 11.3 Å². The molecule has 0 bridgehead atoms. The lowest BCUT2D eigenvalue weighted by Gasteiger charge is -2.26. The zero-order valence-electron chi connectivity index (χ0n) is 22.0. The first-order valence-electron chi connectivity index (χ1n) is 12.3. The van der Waals surface area contributed by atoms with Gasteiger partial charge < -0.3 is 19.5 Å². The molecule has 9 nitrogen and oxygen atoms in total. The Morgan fingerprint density at radius 3 is 2.46 bits per heavy atom. The van der Waals surface area contributed by atoms with Gasteiger partial charge in [0.25, 0.3) is 5.91 Å². The van der Waals surface area contributed by atoms with Gasteiger partial charge in [0.2, 0.25) is 0 Å². The molecule has 1 aromatic heterocycles. The van der Waals surface area contributed by atoms with Crippen LogP contribution in [0.3, 0.4) is 0 Å². The SMILES string of the molecule is Cc1cc(OCCN2CCOCC2)cc(C)c1NC(=O)c1ccc2nc(NC(=O)OC(C)(C)C)sc2c1. The highest BCUT2D eigenvalue weighted by Gasteiger charge is 2.18. The number of amides is 2. The summed E-state index contributed by atoms with van der Waals surface area (Å²) >= 11 is 1.29. The summed E-state index contributed by atoms with van der Waals surface area (Å²) in [5.74, 6) is 0.571. The van der Waals surface area contributed by atoms with Crippen LogP contribution in [0.5, 0.6) is 5.75 Å². The molecule has 2 aromatic carbocycles. The molecule has 4 rings (SSSR count). The Bertz CT molecular complexity index is 1250. The lowest BCUT2D eigenvalue weighted by atomic mass is 10.1. The van der Waals surface area contributed by atoms with Gasteiger partial charge in [-0.05, 0) is 76.1 Å². The summed E-state index contributed by atoms with van der Waals surface area (Å²) < 4.78 is 17.4. The second kappa shape index (κ2) is 11.5. The smallest absolute Gasteiger partial charge is 0.413 e. The highest BCUT2D eigenvalue weighted by Crippen LogP contribution is 2.29. The molecular formula is C27H34N4O5S. The standard InChI is InChI=1S/C27H34N4O5S/c1-17-14-20(35-13-10-31-8-11-34-12-9-31)15-18(2)23(17)29-24(32)19-6-7-21-22(16-19)37-25(28-21)30-26(33)36-27(3,4)5/h6-7,14-16H,8-13H2,1-5H3,(H,29,32)(H,28,30,33). The van der Waals surface area contributed by atoms with Crippen molar-refractivity contribution >= 4 is 44.4 Å². The third kappa shape index (κ3) is 7.41. The van der Waals surface area contributed by atoms with Crippen molar-refractivity contribution in [2.45, 2.75) is 40.2 Å². The lowest BCUT2D eigenvalue weighted by Crippen LogP contribution is -2.38. The summed E-state index contributed by atoms with van der Waals surface area (Å²) in [7, 11) is 0. The molecule has 3 aromatic rings. The molecule has 0 unspecified atom stereocenters. The molecule has 1 saturated heterocycles. The van der Waals surface area contributed by atoms with E-state index in [0.29, 0.717) is 22.8 Å². The molecular weight excluding hydrogens is 492 g/mol. The fraction of sp³-hybridized carbons (Fsp3) is 0.444. The minimum atomic E-state index is -0.602. The van der Waals surface area contributed by atoms with E-state index in [1.54, 1.807) is 39.0 Å². The number of nitrogens with zero attached hydrogens (tertiary/aromatic N) is 2. The normalized spacial score (nSPS) is 14.4. The van der Waals surface area contributed by atoms with Crippen LogP contribution < -0.4 is 15.4 Å². The molecule has 0 aliphatic carbocycles. The second-order valence-electron chi connectivity index (χ2n) is 10.0. The third-order valence-electron chi connectivity index (χ3n) is 5.78. The number of carbonyl (C=O) groups excluding carboxylic acids is 2. The van der Waals surface area contributed by atoms with Gasteiger partial charge in [-0.15, -0.1) is 0 Å². The summed E-state index contributed by atoms with van der Waals surface area (Å²) in [6.45, 7) is 14.2. The number of thiazole rings is 1. The van der Waals surface area contributed by atoms with Crippen molar-refractivity contribution < 1.29 is 23.8 Å². The Morgan fingerprint density at radius 2 is 1.78 bits per heavy atom. The van der Waals surface area contributed by atoms with Crippen molar-refractivity contribution in [1.82, 2.24) is 9.88 Å². The molecule has 1 fully saturated rings. The van der Waals surface area contributed by atoms with Gasteiger partial charge in [0.15, 0.2) is 5.13 Å². The first kappa shape index (κ1) is 26.8. The van der Waals surface area contributed by atoms with Gasteiger partial charge in [0.05, 0.1) is 23.4 Å². The van der Waals surface area contributed by atoms with Gasteiger partial charge in [-0.25, -0.2) is 9.78 Å². The summed E-state index contributed by atoms with van der Waals surface area (Å²) in [5.41, 5.74) is 3.22. The predicted octanol–water partition coefficient (Wildman–Crippen LogP) is 5.22. The fourth-order valence-electron chi connectivity index (χ4n) is 4.02. The van der Waals surface area contributed by atoms with Crippen LogP contribution in [0.15, 0.2) is 30.3 Å². The van der Waals surface area contributed by atoms with Crippen molar-refractivity contribution in [3.8, 4) is 5.75 Å². The molecule has 198 valence electrons. The van der Waals surface area contributed by atoms with E-state index in [9.17, 15) is 9.59 Å². The largest absolute Gasteiger partial charge is 0.492 e. The number of carbonyl (C=O) groups is 2. The lowest BCUT2D eigenvalue weighted by molar-refractivity contribution is 0.0322. The maximum absolute atomic E-state index is 13.1. The minimum absolute atomic E-state index is 0.218. The molecule has 0 atom stereocenters. The number of fused-ring (bicyclic) bond motifs is 1. The predicted molar refractivity (Wildman–Crippen MR) is 146 cm³/mol. The van der Waals surface area contributed by atoms with E-state index in [2.05, 4.69) is 20.5 Å². The number of ether oxygens (including phenoxy) is 3. The number of morpholine rings is 1. The van der Waals surface area contributed by atoms with Crippen molar-refractivity contribution in [2.75, 3.05) is 50.1 Å². The number of hydrogen-bond acceptors (Lipinski definition) is 8. The van der Waals surface area contributed by atoms with E-state index < -0.39 is 11.7 Å². The quantitative estimate of drug-likeness (QED) is 0.435. The van der Waals surface area contributed by atoms with Crippen molar-refractivity contribution in [1.29, 1.82) is 0 Å². The maximum Gasteiger partial charge on any atom is 0.413 e. The molecule has 2 N–H and O–H groups in total. The summed E-state index contributed by atoms with van der Waals surface area (Å²) in [6.07, 6.45) is -0.566. The van der Waals surface area contributed by atoms with E-state index >= 15 is 0 Å². The van der Waals surface area contributed by atoms with Crippen LogP contribution in [-0.2, 0) is 9.47 Å². The van der Waals surface area contributed by atoms with Gasteiger partial charge in [0.1, 0.15) is 18.0 Å². The number of aromatic nitrogens is 1. The zero-order chi connectivity index (χ0) is 26.6. The van der Waals surface area contributed by atoms with Gasteiger partial charge in [-0.2, -0.15) is 0 Å². The maximum atomic E-state index is 13.1. The molecule has 1 aliphatic heterocycles. The van der Waals surface area contributed by atoms with Gasteiger partial charge in [-0.3, -0.25) is 15.0 Å². The molecule has 0 spiro atoms. The van der Waals surface area contributed by atoms with Crippen LogP contribution in [0, 0.1) is 13.8 Å². The highest BCUT2D eigenvalue weighted by atomic mass is 32.1. The Morgan fingerprint density at radius 1 is 1.08 bits per heavy atom. The topological polar surface area (TPSA) is 102 Å². The van der Waals surface area contributed by atoms with Crippen LogP contribution in [-0.4, -0.2) is 66.9 Å². The molecule has 1 aliphatic rings. The van der Waals surface area contributed by atoms with E-state index in [-0.39, 0.29) is 5.91 Å². The number of hydrogen-bond donors (Lipinski definition) is 2. The van der Waals surface area contributed by atoms with Crippen molar-refractivity contribution in [3.05, 3.63) is 47.0 Å². The first-order chi connectivity index (χ1) is 17.6. The van der Waals surface area contributed by atoms with Crippen molar-refractivity contribution in [2.24, 2.45) is 0 Å².